The molecule has 0 spiro atoms. The summed E-state index contributed by atoms with van der Waals surface area (Å²) < 4.78 is 6.12. The van der Waals surface area contributed by atoms with Crippen LogP contribution in [0.1, 0.15) is 16.1 Å². The Balaban J connectivity index is 1.50. The van der Waals surface area contributed by atoms with Crippen LogP contribution in [0.25, 0.3) is 11.3 Å². The third-order valence-corrected chi connectivity index (χ3v) is 5.63. The van der Waals surface area contributed by atoms with Gasteiger partial charge in [0.25, 0.3) is 11.6 Å². The molecule has 1 aliphatic heterocycles. The number of carbonyl (C=O) groups excluding carboxylic acids is 1. The Kier molecular flexibility index (Phi) is 5.55. The van der Waals surface area contributed by atoms with Crippen molar-refractivity contribution in [1.82, 2.24) is 10.1 Å². The molecule has 2 aromatic carbocycles. The number of piperazine rings is 1. The van der Waals surface area contributed by atoms with Gasteiger partial charge in [-0.15, -0.1) is 0 Å². The fourth-order valence-electron chi connectivity index (χ4n) is 3.67. The monoisotopic (exact) mass is 425 g/mol. The first kappa shape index (κ1) is 20.1. The first-order valence-corrected chi connectivity index (χ1v) is 10.1. The van der Waals surface area contributed by atoms with Gasteiger partial charge in [-0.1, -0.05) is 47.1 Å². The van der Waals surface area contributed by atoms with Crippen LogP contribution in [0.3, 0.4) is 0 Å². The summed E-state index contributed by atoms with van der Waals surface area (Å²) in [4.78, 5) is 28.6. The maximum atomic E-state index is 13.2. The van der Waals surface area contributed by atoms with Gasteiger partial charge in [0.1, 0.15) is 17.0 Å². The Morgan fingerprint density at radius 3 is 2.43 bits per heavy atom. The molecule has 1 saturated heterocycles. The standard InChI is InChI=1S/C22H22ClN4O3/c1-15-20(21(24-30-15)16-6-4-3-5-7-16)22(28)27-12-10-26(11-13-27)19-9-8-17(25(2)29)14-18(19)23/h3-9,14H,10-13H2,1-2H3/q+1. The lowest BCUT2D eigenvalue weighted by molar-refractivity contribution is -0.428. The highest BCUT2D eigenvalue weighted by atomic mass is 35.5. The van der Waals surface area contributed by atoms with Crippen LogP contribution >= 0.6 is 11.6 Å². The van der Waals surface area contributed by atoms with E-state index in [-0.39, 0.29) is 5.91 Å². The van der Waals surface area contributed by atoms with Crippen LogP contribution in [0.15, 0.2) is 53.1 Å². The normalized spacial score (nSPS) is 14.1. The molecule has 1 fully saturated rings. The quantitative estimate of drug-likeness (QED) is 0.582. The van der Waals surface area contributed by atoms with E-state index in [9.17, 15) is 9.70 Å². The van der Waals surface area contributed by atoms with Gasteiger partial charge >= 0.3 is 0 Å². The van der Waals surface area contributed by atoms with Crippen LogP contribution in [-0.4, -0.2) is 54.0 Å². The minimum Gasteiger partial charge on any atom is -0.367 e. The van der Waals surface area contributed by atoms with Crippen molar-refractivity contribution in [2.75, 3.05) is 38.1 Å². The van der Waals surface area contributed by atoms with Crippen LogP contribution in [0.4, 0.5) is 11.4 Å². The number of hydrogen-bond donors (Lipinski definition) is 0. The average molecular weight is 426 g/mol. The first-order valence-electron chi connectivity index (χ1n) is 9.72. The second-order valence-corrected chi connectivity index (χ2v) is 7.65. The van der Waals surface area contributed by atoms with Crippen LogP contribution in [-0.2, 0) is 0 Å². The highest BCUT2D eigenvalue weighted by Crippen LogP contribution is 2.31. The van der Waals surface area contributed by atoms with Crippen molar-refractivity contribution in [2.45, 2.75) is 6.92 Å². The molecule has 0 atom stereocenters. The SMILES string of the molecule is Cc1onc(-c2ccccc2)c1C(=O)N1CCN(c2ccc([N+](C)=O)cc2Cl)CC1. The molecule has 4 rings (SSSR count). The van der Waals surface area contributed by atoms with E-state index >= 15 is 0 Å². The van der Waals surface area contributed by atoms with Crippen LogP contribution < -0.4 is 4.90 Å². The van der Waals surface area contributed by atoms with Gasteiger partial charge in [-0.3, -0.25) is 4.79 Å². The summed E-state index contributed by atoms with van der Waals surface area (Å²) in [5.41, 5.74) is 3.30. The lowest BCUT2D eigenvalue weighted by atomic mass is 10.0. The van der Waals surface area contributed by atoms with E-state index in [4.69, 9.17) is 16.1 Å². The summed E-state index contributed by atoms with van der Waals surface area (Å²) >= 11 is 6.39. The summed E-state index contributed by atoms with van der Waals surface area (Å²) in [7, 11) is 1.44. The highest BCUT2D eigenvalue weighted by molar-refractivity contribution is 6.33. The number of nitroso groups, excluding NO2 is 1. The predicted octanol–water partition coefficient (Wildman–Crippen LogP) is 4.31. The van der Waals surface area contributed by atoms with E-state index in [0.29, 0.717) is 53.9 Å². The zero-order chi connectivity index (χ0) is 21.3. The summed E-state index contributed by atoms with van der Waals surface area (Å²) in [5, 5.41) is 4.64. The first-order chi connectivity index (χ1) is 14.5. The van der Waals surface area contributed by atoms with Gasteiger partial charge in [0.05, 0.1) is 10.7 Å². The number of aryl methyl sites for hydroxylation is 1. The van der Waals surface area contributed by atoms with Gasteiger partial charge < -0.3 is 14.3 Å². The Bertz CT molecular complexity index is 1090. The Morgan fingerprint density at radius 1 is 1.10 bits per heavy atom. The number of hydrogen-bond acceptors (Lipinski definition) is 5. The number of carbonyl (C=O) groups is 1. The summed E-state index contributed by atoms with van der Waals surface area (Å²) in [6.07, 6.45) is 0. The molecular weight excluding hydrogens is 404 g/mol. The van der Waals surface area contributed by atoms with Crippen molar-refractivity contribution in [3.8, 4) is 11.3 Å². The van der Waals surface area contributed by atoms with Gasteiger partial charge in [0, 0.05) is 53.5 Å². The molecule has 3 aromatic rings. The predicted molar refractivity (Wildman–Crippen MR) is 115 cm³/mol. The third kappa shape index (κ3) is 3.80. The van der Waals surface area contributed by atoms with Gasteiger partial charge in [0.2, 0.25) is 0 Å². The molecule has 154 valence electrons. The lowest BCUT2D eigenvalue weighted by Gasteiger charge is -2.36. The molecule has 7 nitrogen and oxygen atoms in total. The fourth-order valence-corrected chi connectivity index (χ4v) is 3.97. The van der Waals surface area contributed by atoms with Crippen molar-refractivity contribution in [1.29, 1.82) is 0 Å². The minimum absolute atomic E-state index is 0.0818. The van der Waals surface area contributed by atoms with E-state index in [0.717, 1.165) is 16.0 Å². The van der Waals surface area contributed by atoms with Crippen molar-refractivity contribution in [3.05, 3.63) is 69.8 Å². The summed E-state index contributed by atoms with van der Waals surface area (Å²) in [6, 6.07) is 14.8. The van der Waals surface area contributed by atoms with Crippen LogP contribution in [0.2, 0.25) is 5.02 Å². The maximum absolute atomic E-state index is 13.2. The molecule has 2 heterocycles. The van der Waals surface area contributed by atoms with E-state index < -0.39 is 0 Å². The Hall–Kier alpha value is -3.19. The number of halogens is 1. The second-order valence-electron chi connectivity index (χ2n) is 7.24. The summed E-state index contributed by atoms with van der Waals surface area (Å²) in [6.45, 7) is 4.15. The molecule has 0 unspecified atom stereocenters. The van der Waals surface area contributed by atoms with Crippen molar-refractivity contribution in [3.63, 3.8) is 0 Å². The van der Waals surface area contributed by atoms with Crippen molar-refractivity contribution >= 4 is 28.9 Å². The molecular formula is C22H22ClN4O3+. The molecule has 8 heteroatoms. The number of rotatable bonds is 4. The van der Waals surface area contributed by atoms with Gasteiger partial charge in [-0.25, -0.2) is 0 Å². The van der Waals surface area contributed by atoms with Crippen LogP contribution in [0, 0.1) is 11.8 Å². The smallest absolute Gasteiger partial charge is 0.259 e. The van der Waals surface area contributed by atoms with E-state index in [1.54, 1.807) is 19.1 Å². The molecule has 1 aliphatic rings. The van der Waals surface area contributed by atoms with E-state index in [2.05, 4.69) is 10.1 Å². The number of aromatic nitrogens is 1. The molecule has 0 bridgehead atoms. The molecule has 1 amide bonds. The molecule has 30 heavy (non-hydrogen) atoms. The largest absolute Gasteiger partial charge is 0.367 e. The highest BCUT2D eigenvalue weighted by Gasteiger charge is 2.29. The number of anilines is 1. The molecule has 0 radical (unpaired) electrons. The molecule has 0 N–H and O–H groups in total. The van der Waals surface area contributed by atoms with Crippen molar-refractivity contribution in [2.24, 2.45) is 0 Å². The number of benzene rings is 2. The Labute approximate surface area is 179 Å². The number of amides is 1. The zero-order valence-corrected chi connectivity index (χ0v) is 17.6. The fraction of sp³-hybridized carbons (Fsp3) is 0.273. The molecule has 0 aliphatic carbocycles. The second kappa shape index (κ2) is 8.28. The van der Waals surface area contributed by atoms with Crippen molar-refractivity contribution < 1.29 is 14.1 Å². The topological polar surface area (TPSA) is 69.7 Å². The van der Waals surface area contributed by atoms with Gasteiger partial charge in [-0.05, 0) is 13.0 Å². The minimum atomic E-state index is -0.0818. The summed E-state index contributed by atoms with van der Waals surface area (Å²) in [5.74, 6) is 0.434. The van der Waals surface area contributed by atoms with E-state index in [1.807, 2.05) is 41.3 Å². The Morgan fingerprint density at radius 2 is 1.80 bits per heavy atom. The third-order valence-electron chi connectivity index (χ3n) is 5.33. The van der Waals surface area contributed by atoms with Crippen LogP contribution in [0.5, 0.6) is 0 Å². The maximum Gasteiger partial charge on any atom is 0.259 e. The van der Waals surface area contributed by atoms with E-state index in [1.165, 1.54) is 7.05 Å². The molecule has 1 aromatic heterocycles. The van der Waals surface area contributed by atoms with Gasteiger partial charge in [0.15, 0.2) is 7.05 Å². The van der Waals surface area contributed by atoms with Gasteiger partial charge in [-0.2, -0.15) is 0 Å². The zero-order valence-electron chi connectivity index (χ0n) is 16.8. The molecule has 0 saturated carbocycles. The average Bonchev–Trinajstić information content (AvgIpc) is 3.15. The number of nitrogens with zero attached hydrogens (tertiary/aromatic N) is 4. The lowest BCUT2D eigenvalue weighted by Crippen LogP contribution is -2.49.